The van der Waals surface area contributed by atoms with E-state index in [0.29, 0.717) is 12.2 Å². The first-order chi connectivity index (χ1) is 19.2. The number of carbonyl (C=O) groups excluding carboxylic acids is 1. The number of hydrogen-bond donors (Lipinski definition) is 0. The molecule has 0 spiro atoms. The maximum atomic E-state index is 14.0. The quantitative estimate of drug-likeness (QED) is 0.194. The lowest BCUT2D eigenvalue weighted by Gasteiger charge is -2.26. The predicted molar refractivity (Wildman–Crippen MR) is 157 cm³/mol. The molecule has 204 valence electrons. The van der Waals surface area contributed by atoms with E-state index < -0.39 is 0 Å². The Morgan fingerprint density at radius 2 is 1.51 bits per heavy atom. The molecule has 3 aromatic carbocycles. The van der Waals surface area contributed by atoms with E-state index in [1.54, 1.807) is 0 Å². The lowest BCUT2D eigenvalue weighted by Crippen LogP contribution is -2.38. The molecular formula is C34H39NO4. The summed E-state index contributed by atoms with van der Waals surface area (Å²) in [7, 11) is 0. The molecule has 0 N–H and O–H groups in total. The van der Waals surface area contributed by atoms with Crippen molar-refractivity contribution in [1.29, 1.82) is 0 Å². The van der Waals surface area contributed by atoms with Gasteiger partial charge in [-0.1, -0.05) is 56.2 Å². The van der Waals surface area contributed by atoms with Crippen LogP contribution in [0.1, 0.15) is 59.7 Å². The maximum Gasteiger partial charge on any atom is 0.193 e. The van der Waals surface area contributed by atoms with Crippen LogP contribution in [0.5, 0.6) is 11.5 Å². The Hall–Kier alpha value is -3.41. The number of ether oxygens (including phenoxy) is 3. The van der Waals surface area contributed by atoms with Gasteiger partial charge in [0.2, 0.25) is 0 Å². The Balaban J connectivity index is 1.33. The minimum absolute atomic E-state index is 0.0527. The van der Waals surface area contributed by atoms with E-state index in [4.69, 9.17) is 14.2 Å². The van der Waals surface area contributed by atoms with Crippen LogP contribution in [0.2, 0.25) is 0 Å². The molecule has 0 aromatic heterocycles. The van der Waals surface area contributed by atoms with Crippen LogP contribution in [0.4, 0.5) is 0 Å². The number of Topliss-reactive ketones (excluding diaryl/α,β-unsaturated/α-hetero) is 1. The van der Waals surface area contributed by atoms with E-state index in [2.05, 4.69) is 42.2 Å². The van der Waals surface area contributed by atoms with E-state index in [1.807, 2.05) is 42.5 Å². The molecule has 0 saturated carbocycles. The Morgan fingerprint density at radius 3 is 2.26 bits per heavy atom. The minimum atomic E-state index is 0.0527. The summed E-state index contributed by atoms with van der Waals surface area (Å²) >= 11 is 0. The molecule has 5 nitrogen and oxygen atoms in total. The molecule has 1 aliphatic heterocycles. The third kappa shape index (κ3) is 6.97. The standard InChI is InChI=1S/C34H39NO4/c1-2-3-6-22-38-29-14-9-27(10-15-29)32-18-13-26-7-4-5-8-31(26)33(32)34(36)28-11-16-30(17-12-28)39-25-21-35-19-23-37-24-20-35/h4-5,7-12,14-17H,2-3,6,13,18-25H2,1H3. The summed E-state index contributed by atoms with van der Waals surface area (Å²) in [5, 5.41) is 0. The molecule has 1 fully saturated rings. The first kappa shape index (κ1) is 27.2. The van der Waals surface area contributed by atoms with Crippen molar-refractivity contribution < 1.29 is 19.0 Å². The number of nitrogens with zero attached hydrogens (tertiary/aromatic N) is 1. The van der Waals surface area contributed by atoms with Crippen LogP contribution in [0, 0.1) is 0 Å². The molecule has 0 amide bonds. The van der Waals surface area contributed by atoms with Crippen LogP contribution in [-0.2, 0) is 11.2 Å². The van der Waals surface area contributed by atoms with E-state index in [9.17, 15) is 4.79 Å². The normalized spacial score (nSPS) is 15.6. The van der Waals surface area contributed by atoms with Gasteiger partial charge in [0.25, 0.3) is 0 Å². The smallest absolute Gasteiger partial charge is 0.193 e. The number of benzene rings is 3. The average molecular weight is 526 g/mol. The molecule has 3 aromatic rings. The molecule has 39 heavy (non-hydrogen) atoms. The van der Waals surface area contributed by atoms with Gasteiger partial charge in [0, 0.05) is 30.8 Å². The van der Waals surface area contributed by atoms with Crippen molar-refractivity contribution in [2.45, 2.75) is 39.0 Å². The van der Waals surface area contributed by atoms with Gasteiger partial charge in [-0.15, -0.1) is 0 Å². The maximum absolute atomic E-state index is 14.0. The van der Waals surface area contributed by atoms with Gasteiger partial charge in [-0.3, -0.25) is 9.69 Å². The van der Waals surface area contributed by atoms with Gasteiger partial charge in [-0.2, -0.15) is 0 Å². The van der Waals surface area contributed by atoms with E-state index in [-0.39, 0.29) is 5.78 Å². The van der Waals surface area contributed by atoms with Gasteiger partial charge in [-0.05, 0) is 77.9 Å². The third-order valence-electron chi connectivity index (χ3n) is 7.58. The third-order valence-corrected chi connectivity index (χ3v) is 7.58. The second-order valence-electron chi connectivity index (χ2n) is 10.2. The fraction of sp³-hybridized carbons (Fsp3) is 0.382. The summed E-state index contributed by atoms with van der Waals surface area (Å²) in [6.45, 7) is 7.89. The summed E-state index contributed by atoms with van der Waals surface area (Å²) < 4.78 is 17.3. The molecule has 0 atom stereocenters. The topological polar surface area (TPSA) is 48.0 Å². The summed E-state index contributed by atoms with van der Waals surface area (Å²) in [6, 6.07) is 24.1. The van der Waals surface area contributed by atoms with Crippen molar-refractivity contribution in [3.8, 4) is 11.5 Å². The Labute approximate surface area is 232 Å². The molecule has 5 heteroatoms. The molecule has 1 aliphatic carbocycles. The first-order valence-electron chi connectivity index (χ1n) is 14.4. The number of unbranched alkanes of at least 4 members (excludes halogenated alkanes) is 2. The minimum Gasteiger partial charge on any atom is -0.494 e. The predicted octanol–water partition coefficient (Wildman–Crippen LogP) is 6.71. The van der Waals surface area contributed by atoms with Crippen molar-refractivity contribution in [3.05, 3.63) is 95.1 Å². The molecule has 0 bridgehead atoms. The fourth-order valence-corrected chi connectivity index (χ4v) is 5.34. The van der Waals surface area contributed by atoms with Crippen LogP contribution in [0.15, 0.2) is 72.8 Å². The Bertz CT molecular complexity index is 1260. The zero-order chi connectivity index (χ0) is 26.9. The lowest BCUT2D eigenvalue weighted by molar-refractivity contribution is 0.0322. The monoisotopic (exact) mass is 525 g/mol. The SMILES string of the molecule is CCCCCOc1ccc(C2=C(C(=O)c3ccc(OCCN4CCOCC4)cc3)c3ccccc3CC2)cc1. The summed E-state index contributed by atoms with van der Waals surface area (Å²) in [6.07, 6.45) is 5.18. The van der Waals surface area contributed by atoms with Crippen molar-refractivity contribution >= 4 is 16.9 Å². The number of allylic oxidation sites excluding steroid dienone is 2. The van der Waals surface area contributed by atoms with Gasteiger partial charge in [0.05, 0.1) is 19.8 Å². The molecule has 2 aliphatic rings. The van der Waals surface area contributed by atoms with Gasteiger partial charge in [0.1, 0.15) is 18.1 Å². The number of morpholine rings is 1. The number of ketones is 1. The van der Waals surface area contributed by atoms with Crippen LogP contribution in [0.3, 0.4) is 0 Å². The molecule has 0 radical (unpaired) electrons. The second-order valence-corrected chi connectivity index (χ2v) is 10.2. The highest BCUT2D eigenvalue weighted by Crippen LogP contribution is 2.39. The second kappa shape index (κ2) is 13.6. The molecule has 0 unspecified atom stereocenters. The summed E-state index contributed by atoms with van der Waals surface area (Å²) in [4.78, 5) is 16.4. The van der Waals surface area contributed by atoms with Gasteiger partial charge < -0.3 is 14.2 Å². The zero-order valence-corrected chi connectivity index (χ0v) is 23.0. The molecular weight excluding hydrogens is 486 g/mol. The van der Waals surface area contributed by atoms with Crippen molar-refractivity contribution in [2.75, 3.05) is 46.1 Å². The van der Waals surface area contributed by atoms with Crippen molar-refractivity contribution in [2.24, 2.45) is 0 Å². The van der Waals surface area contributed by atoms with E-state index >= 15 is 0 Å². The summed E-state index contributed by atoms with van der Waals surface area (Å²) in [5.41, 5.74) is 5.92. The largest absolute Gasteiger partial charge is 0.494 e. The van der Waals surface area contributed by atoms with Crippen LogP contribution < -0.4 is 9.47 Å². The average Bonchev–Trinajstić information content (AvgIpc) is 3.00. The highest BCUT2D eigenvalue weighted by atomic mass is 16.5. The fourth-order valence-electron chi connectivity index (χ4n) is 5.34. The van der Waals surface area contributed by atoms with Crippen molar-refractivity contribution in [1.82, 2.24) is 4.90 Å². The molecule has 1 heterocycles. The van der Waals surface area contributed by atoms with Crippen LogP contribution >= 0.6 is 0 Å². The Morgan fingerprint density at radius 1 is 0.821 bits per heavy atom. The zero-order valence-electron chi connectivity index (χ0n) is 23.0. The summed E-state index contributed by atoms with van der Waals surface area (Å²) in [5.74, 6) is 1.72. The first-order valence-corrected chi connectivity index (χ1v) is 14.4. The number of hydrogen-bond acceptors (Lipinski definition) is 5. The number of carbonyl (C=O) groups is 1. The van der Waals surface area contributed by atoms with Gasteiger partial charge in [-0.25, -0.2) is 0 Å². The molecule has 1 saturated heterocycles. The van der Waals surface area contributed by atoms with Gasteiger partial charge >= 0.3 is 0 Å². The highest BCUT2D eigenvalue weighted by molar-refractivity contribution is 6.35. The highest BCUT2D eigenvalue weighted by Gasteiger charge is 2.26. The van der Waals surface area contributed by atoms with Crippen molar-refractivity contribution in [3.63, 3.8) is 0 Å². The number of fused-ring (bicyclic) bond motifs is 1. The lowest BCUT2D eigenvalue weighted by atomic mass is 9.79. The molecule has 5 rings (SSSR count). The van der Waals surface area contributed by atoms with Crippen LogP contribution in [-0.4, -0.2) is 56.7 Å². The van der Waals surface area contributed by atoms with Crippen LogP contribution in [0.25, 0.3) is 11.1 Å². The number of aryl methyl sites for hydroxylation is 1. The van der Waals surface area contributed by atoms with E-state index in [0.717, 1.165) is 92.5 Å². The number of rotatable bonds is 12. The van der Waals surface area contributed by atoms with Gasteiger partial charge in [0.15, 0.2) is 5.78 Å². The van der Waals surface area contributed by atoms with E-state index in [1.165, 1.54) is 18.4 Å². The Kier molecular flexibility index (Phi) is 9.47.